The second kappa shape index (κ2) is 6.62. The Labute approximate surface area is 103 Å². The highest BCUT2D eigenvalue weighted by Gasteiger charge is 2.06. The van der Waals surface area contributed by atoms with Gasteiger partial charge in [0.1, 0.15) is 0 Å². The summed E-state index contributed by atoms with van der Waals surface area (Å²) in [6, 6.07) is 5.46. The van der Waals surface area contributed by atoms with E-state index in [0.717, 1.165) is 10.0 Å². The molecule has 88 valence electrons. The number of hydrogen-bond donors (Lipinski definition) is 1. The lowest BCUT2D eigenvalue weighted by molar-refractivity contribution is 0.00888. The lowest BCUT2D eigenvalue weighted by atomic mass is 10.1. The van der Waals surface area contributed by atoms with Crippen LogP contribution in [0.3, 0.4) is 0 Å². The van der Waals surface area contributed by atoms with E-state index in [9.17, 15) is 4.79 Å². The standard InChI is InChI=1S/C11H14BrNO3/c1-8-5-9(7-10(12)6-8)11(14)13-16-4-3-15-2/h5-7H,3-4H2,1-2H3,(H,13,14). The predicted molar refractivity (Wildman–Crippen MR) is 64.2 cm³/mol. The number of hydrogen-bond acceptors (Lipinski definition) is 3. The molecule has 0 radical (unpaired) electrons. The van der Waals surface area contributed by atoms with Gasteiger partial charge in [-0.1, -0.05) is 15.9 Å². The van der Waals surface area contributed by atoms with Gasteiger partial charge in [0.15, 0.2) is 0 Å². The average Bonchev–Trinajstić information content (AvgIpc) is 2.22. The third kappa shape index (κ3) is 4.30. The molecule has 0 aliphatic rings. The molecule has 0 spiro atoms. The van der Waals surface area contributed by atoms with E-state index in [2.05, 4.69) is 21.4 Å². The Bertz CT molecular complexity index is 348. The lowest BCUT2D eigenvalue weighted by Gasteiger charge is -2.06. The second-order valence-electron chi connectivity index (χ2n) is 3.29. The Kier molecular flexibility index (Phi) is 5.45. The highest BCUT2D eigenvalue weighted by molar-refractivity contribution is 9.10. The largest absolute Gasteiger partial charge is 0.382 e. The quantitative estimate of drug-likeness (QED) is 0.666. The van der Waals surface area contributed by atoms with Crippen molar-refractivity contribution >= 4 is 21.8 Å². The van der Waals surface area contributed by atoms with Crippen molar-refractivity contribution in [3.05, 3.63) is 33.8 Å². The third-order valence-electron chi connectivity index (χ3n) is 1.86. The van der Waals surface area contributed by atoms with E-state index in [0.29, 0.717) is 18.8 Å². The van der Waals surface area contributed by atoms with Crippen molar-refractivity contribution in [3.63, 3.8) is 0 Å². The van der Waals surface area contributed by atoms with Crippen LogP contribution in [0.2, 0.25) is 0 Å². The molecule has 1 rings (SSSR count). The molecule has 5 heteroatoms. The van der Waals surface area contributed by atoms with E-state index in [4.69, 9.17) is 9.57 Å². The average molecular weight is 288 g/mol. The minimum Gasteiger partial charge on any atom is -0.382 e. The fraction of sp³-hybridized carbons (Fsp3) is 0.364. The summed E-state index contributed by atoms with van der Waals surface area (Å²) in [5, 5.41) is 0. The maximum atomic E-state index is 11.6. The van der Waals surface area contributed by atoms with E-state index in [1.165, 1.54) is 0 Å². The summed E-state index contributed by atoms with van der Waals surface area (Å²) in [5.41, 5.74) is 3.92. The van der Waals surface area contributed by atoms with Gasteiger partial charge in [-0.05, 0) is 30.7 Å². The monoisotopic (exact) mass is 287 g/mol. The Morgan fingerprint density at radius 1 is 1.38 bits per heavy atom. The number of ether oxygens (including phenoxy) is 1. The number of carbonyl (C=O) groups is 1. The maximum Gasteiger partial charge on any atom is 0.274 e. The van der Waals surface area contributed by atoms with E-state index in [1.807, 2.05) is 13.0 Å². The molecule has 0 fully saturated rings. The molecule has 1 aromatic rings. The number of aryl methyl sites for hydroxylation is 1. The lowest BCUT2D eigenvalue weighted by Crippen LogP contribution is -2.25. The van der Waals surface area contributed by atoms with Crippen LogP contribution in [0.4, 0.5) is 0 Å². The van der Waals surface area contributed by atoms with Crippen LogP contribution in [0, 0.1) is 6.92 Å². The summed E-state index contributed by atoms with van der Waals surface area (Å²) in [5.74, 6) is -0.263. The first-order chi connectivity index (χ1) is 7.63. The van der Waals surface area contributed by atoms with E-state index >= 15 is 0 Å². The molecule has 1 N–H and O–H groups in total. The van der Waals surface area contributed by atoms with Gasteiger partial charge >= 0.3 is 0 Å². The molecule has 1 aromatic carbocycles. The van der Waals surface area contributed by atoms with E-state index < -0.39 is 0 Å². The zero-order chi connectivity index (χ0) is 12.0. The first-order valence-corrected chi connectivity index (χ1v) is 5.61. The summed E-state index contributed by atoms with van der Waals surface area (Å²) in [6.07, 6.45) is 0. The van der Waals surface area contributed by atoms with Gasteiger partial charge in [-0.15, -0.1) is 0 Å². The van der Waals surface area contributed by atoms with Crippen molar-refractivity contribution in [3.8, 4) is 0 Å². The van der Waals surface area contributed by atoms with Gasteiger partial charge in [0.2, 0.25) is 0 Å². The highest BCUT2D eigenvalue weighted by Crippen LogP contribution is 2.15. The summed E-state index contributed by atoms with van der Waals surface area (Å²) in [7, 11) is 1.57. The van der Waals surface area contributed by atoms with Crippen LogP contribution in [0.15, 0.2) is 22.7 Å². The fourth-order valence-corrected chi connectivity index (χ4v) is 1.78. The first-order valence-electron chi connectivity index (χ1n) is 4.81. The van der Waals surface area contributed by atoms with Crippen molar-refractivity contribution in [2.45, 2.75) is 6.92 Å². The number of halogens is 1. The van der Waals surface area contributed by atoms with Gasteiger partial charge in [0.05, 0.1) is 13.2 Å². The minimum atomic E-state index is -0.263. The van der Waals surface area contributed by atoms with Crippen molar-refractivity contribution in [2.75, 3.05) is 20.3 Å². The molecule has 16 heavy (non-hydrogen) atoms. The van der Waals surface area contributed by atoms with Gasteiger partial charge < -0.3 is 4.74 Å². The van der Waals surface area contributed by atoms with Crippen molar-refractivity contribution in [2.24, 2.45) is 0 Å². The minimum absolute atomic E-state index is 0.263. The number of carbonyl (C=O) groups excluding carboxylic acids is 1. The molecule has 0 saturated carbocycles. The van der Waals surface area contributed by atoms with Crippen molar-refractivity contribution in [1.82, 2.24) is 5.48 Å². The summed E-state index contributed by atoms with van der Waals surface area (Å²) < 4.78 is 5.65. The van der Waals surface area contributed by atoms with Crippen LogP contribution in [0.25, 0.3) is 0 Å². The molecule has 0 atom stereocenters. The highest BCUT2D eigenvalue weighted by atomic mass is 79.9. The van der Waals surface area contributed by atoms with Crippen LogP contribution in [-0.4, -0.2) is 26.2 Å². The fourth-order valence-electron chi connectivity index (χ4n) is 1.17. The van der Waals surface area contributed by atoms with E-state index in [-0.39, 0.29) is 5.91 Å². The Morgan fingerprint density at radius 2 is 2.12 bits per heavy atom. The van der Waals surface area contributed by atoms with Gasteiger partial charge in [0.25, 0.3) is 5.91 Å². The molecule has 4 nitrogen and oxygen atoms in total. The molecule has 0 aromatic heterocycles. The number of benzene rings is 1. The number of nitrogens with one attached hydrogen (secondary N) is 1. The molecular formula is C11H14BrNO3. The molecule has 0 unspecified atom stereocenters. The van der Waals surface area contributed by atoms with Gasteiger partial charge in [-0.25, -0.2) is 5.48 Å². The molecule has 0 aliphatic carbocycles. The molecule has 0 heterocycles. The predicted octanol–water partition coefficient (Wildman–Crippen LogP) is 2.07. The Morgan fingerprint density at radius 3 is 2.75 bits per heavy atom. The zero-order valence-electron chi connectivity index (χ0n) is 9.25. The Balaban J connectivity index is 2.52. The molecule has 0 aliphatic heterocycles. The molecule has 0 bridgehead atoms. The van der Waals surface area contributed by atoms with Crippen LogP contribution in [0.1, 0.15) is 15.9 Å². The SMILES string of the molecule is COCCONC(=O)c1cc(C)cc(Br)c1. The van der Waals surface area contributed by atoms with Gasteiger partial charge in [0, 0.05) is 17.1 Å². The van der Waals surface area contributed by atoms with Crippen LogP contribution in [0.5, 0.6) is 0 Å². The van der Waals surface area contributed by atoms with Crippen LogP contribution in [-0.2, 0) is 9.57 Å². The van der Waals surface area contributed by atoms with Crippen molar-refractivity contribution in [1.29, 1.82) is 0 Å². The number of amides is 1. The van der Waals surface area contributed by atoms with Gasteiger partial charge in [-0.3, -0.25) is 9.63 Å². The third-order valence-corrected chi connectivity index (χ3v) is 2.32. The number of methoxy groups -OCH3 is 1. The topological polar surface area (TPSA) is 47.6 Å². The summed E-state index contributed by atoms with van der Waals surface area (Å²) in [4.78, 5) is 16.5. The van der Waals surface area contributed by atoms with Crippen molar-refractivity contribution < 1.29 is 14.4 Å². The summed E-state index contributed by atoms with van der Waals surface area (Å²) in [6.45, 7) is 2.69. The number of hydroxylamine groups is 1. The van der Waals surface area contributed by atoms with Crippen LogP contribution < -0.4 is 5.48 Å². The Hall–Kier alpha value is -0.910. The van der Waals surface area contributed by atoms with Crippen LogP contribution >= 0.6 is 15.9 Å². The molecule has 1 amide bonds. The molecular weight excluding hydrogens is 274 g/mol. The molecule has 0 saturated heterocycles. The van der Waals surface area contributed by atoms with Gasteiger partial charge in [-0.2, -0.15) is 0 Å². The van der Waals surface area contributed by atoms with E-state index in [1.54, 1.807) is 19.2 Å². The first kappa shape index (κ1) is 13.2. The normalized spacial score (nSPS) is 10.2. The second-order valence-corrected chi connectivity index (χ2v) is 4.21. The maximum absolute atomic E-state index is 11.6. The smallest absolute Gasteiger partial charge is 0.274 e. The number of rotatable bonds is 5. The summed E-state index contributed by atoms with van der Waals surface area (Å²) >= 11 is 3.33. The zero-order valence-corrected chi connectivity index (χ0v) is 10.8.